The van der Waals surface area contributed by atoms with Crippen LogP contribution >= 0.6 is 11.6 Å². The second-order valence-corrected chi connectivity index (χ2v) is 16.9. The first-order valence-electron chi connectivity index (χ1n) is 17.0. The largest absolute Gasteiger partial charge is 0.490 e. The smallest absolute Gasteiger partial charge is 0.303 e. The highest BCUT2D eigenvalue weighted by Gasteiger charge is 2.47. The molecule has 1 fully saturated rings. The van der Waals surface area contributed by atoms with Crippen molar-refractivity contribution < 1.29 is 33.0 Å². The Morgan fingerprint density at radius 2 is 1.94 bits per heavy atom. The number of rotatable bonds is 3. The number of nitrogens with zero attached hydrogens (tertiary/aromatic N) is 3. The topological polar surface area (TPSA) is 140 Å². The Kier molecular flexibility index (Phi) is 9.84. The number of fused-ring (bicyclic) bond motifs is 4. The molecule has 2 heterocycles. The van der Waals surface area contributed by atoms with E-state index in [2.05, 4.69) is 11.0 Å². The molecule has 49 heavy (non-hydrogen) atoms. The molecule has 0 radical (unpaired) electrons. The van der Waals surface area contributed by atoms with Crippen LogP contribution in [0.5, 0.6) is 5.75 Å². The van der Waals surface area contributed by atoms with Gasteiger partial charge in [-0.15, -0.1) is 0 Å². The number of aryl methyl sites for hydroxylation is 1. The molecular formula is C36H47ClN4O7S. The molecular weight excluding hydrogens is 668 g/mol. The van der Waals surface area contributed by atoms with Crippen molar-refractivity contribution in [3.63, 3.8) is 0 Å². The molecule has 4 aliphatic rings. The summed E-state index contributed by atoms with van der Waals surface area (Å²) in [5.74, 6) is -1.01. The maximum atomic E-state index is 13.9. The fourth-order valence-corrected chi connectivity index (χ4v) is 8.62. The van der Waals surface area contributed by atoms with E-state index in [-0.39, 0.29) is 28.9 Å². The van der Waals surface area contributed by atoms with Crippen molar-refractivity contribution in [1.82, 2.24) is 13.9 Å². The first kappa shape index (κ1) is 35.7. The van der Waals surface area contributed by atoms with Crippen LogP contribution in [0.2, 0.25) is 5.02 Å². The summed E-state index contributed by atoms with van der Waals surface area (Å²) >= 11 is 6.42. The third-order valence-corrected chi connectivity index (χ3v) is 12.9. The molecule has 1 spiro atoms. The van der Waals surface area contributed by atoms with Gasteiger partial charge in [0.1, 0.15) is 5.75 Å². The van der Waals surface area contributed by atoms with Gasteiger partial charge in [0.25, 0.3) is 5.91 Å². The van der Waals surface area contributed by atoms with Crippen molar-refractivity contribution in [3.05, 3.63) is 70.3 Å². The molecule has 6 atom stereocenters. The van der Waals surface area contributed by atoms with Crippen LogP contribution in [0.15, 0.2) is 48.6 Å². The van der Waals surface area contributed by atoms with E-state index in [4.69, 9.17) is 16.3 Å². The fraction of sp³-hybridized carbons (Fsp3) is 0.556. The summed E-state index contributed by atoms with van der Waals surface area (Å²) < 4.78 is 35.0. The Hall–Kier alpha value is -3.16. The molecule has 2 aromatic rings. The Morgan fingerprint density at radius 1 is 1.16 bits per heavy atom. The van der Waals surface area contributed by atoms with Crippen LogP contribution in [-0.2, 0) is 37.2 Å². The summed E-state index contributed by atoms with van der Waals surface area (Å²) in [6.07, 6.45) is 7.38. The zero-order valence-corrected chi connectivity index (χ0v) is 30.1. The van der Waals surface area contributed by atoms with Gasteiger partial charge < -0.3 is 24.7 Å². The second kappa shape index (κ2) is 13.5. The molecule has 3 N–H and O–H groups in total. The number of aliphatic hydroxyl groups is 2. The average Bonchev–Trinajstić information content (AvgIpc) is 3.18. The quantitative estimate of drug-likeness (QED) is 0.411. The number of amides is 2. The number of anilines is 1. The summed E-state index contributed by atoms with van der Waals surface area (Å²) in [6, 6.07) is 10.6. The number of halogens is 1. The predicted molar refractivity (Wildman–Crippen MR) is 188 cm³/mol. The Labute approximate surface area is 294 Å². The van der Waals surface area contributed by atoms with Crippen LogP contribution in [0.3, 0.4) is 0 Å². The van der Waals surface area contributed by atoms with Crippen LogP contribution in [0.25, 0.3) is 0 Å². The van der Waals surface area contributed by atoms with Gasteiger partial charge in [-0.25, -0.2) is 4.72 Å². The van der Waals surface area contributed by atoms with E-state index in [9.17, 15) is 28.2 Å². The minimum absolute atomic E-state index is 0.0435. The SMILES string of the molecule is C[C@H]1C/C=C/[C@H](O)[C@@H]2CC[C@H]2CN2C[C@@]3(CCCc4cc(Cl)ccc43)COc3ccc(cc32)[C@](O)(C(=O)NS(=O)(=O)N(C)C)CC(=O)N1C. The lowest BCUT2D eigenvalue weighted by atomic mass is 9.68. The van der Waals surface area contributed by atoms with Gasteiger partial charge >= 0.3 is 10.2 Å². The minimum atomic E-state index is -4.30. The number of ether oxygens (including phenoxy) is 1. The molecule has 2 amide bonds. The molecule has 0 aromatic heterocycles. The van der Waals surface area contributed by atoms with Crippen molar-refractivity contribution >= 4 is 39.3 Å². The van der Waals surface area contributed by atoms with Crippen LogP contribution < -0.4 is 14.4 Å². The standard InChI is InChI=1S/C36H47ClN4O7S/c1-23-7-5-9-31(42)28-13-10-25(28)20-41-21-35(16-6-8-24-17-27(37)12-14-29(24)35)22-48-32-15-11-26(18-30(32)41)36(45,19-33(43)40(23)4)34(44)38-49(46,47)39(2)3/h5,9,11-12,14-15,17-18,23,25,28,31,42,45H,6-8,10,13,16,19-22H2,1-4H3,(H,38,44)/b9-5+/t23-,25-,28+,31-,35-,36-/m0/s1. The molecule has 2 aliphatic heterocycles. The van der Waals surface area contributed by atoms with Crippen molar-refractivity contribution in [2.45, 2.75) is 75.0 Å². The van der Waals surface area contributed by atoms with E-state index in [0.29, 0.717) is 42.6 Å². The number of aliphatic hydroxyl groups excluding tert-OH is 1. The first-order valence-corrected chi connectivity index (χ1v) is 18.8. The normalized spacial score (nSPS) is 31.2. The number of nitrogens with one attached hydrogen (secondary N) is 1. The number of hydrogen-bond donors (Lipinski definition) is 3. The molecule has 0 unspecified atom stereocenters. The summed E-state index contributed by atoms with van der Waals surface area (Å²) in [5.41, 5.74) is 0.172. The zero-order chi connectivity index (χ0) is 35.3. The monoisotopic (exact) mass is 714 g/mol. The van der Waals surface area contributed by atoms with Crippen molar-refractivity contribution in [3.8, 4) is 5.75 Å². The minimum Gasteiger partial charge on any atom is -0.490 e. The molecule has 2 aromatic carbocycles. The first-order chi connectivity index (χ1) is 23.1. The number of carbonyl (C=O) groups excluding carboxylic acids is 2. The summed E-state index contributed by atoms with van der Waals surface area (Å²) in [5, 5.41) is 24.2. The molecule has 1 saturated carbocycles. The van der Waals surface area contributed by atoms with Crippen LogP contribution in [0.1, 0.15) is 62.1 Å². The fourth-order valence-electron chi connectivity index (χ4n) is 7.84. The number of hydrogen-bond acceptors (Lipinski definition) is 8. The van der Waals surface area contributed by atoms with E-state index in [1.54, 1.807) is 19.2 Å². The average molecular weight is 715 g/mol. The van der Waals surface area contributed by atoms with Crippen molar-refractivity contribution in [2.75, 3.05) is 45.7 Å². The predicted octanol–water partition coefficient (Wildman–Crippen LogP) is 3.51. The lowest BCUT2D eigenvalue weighted by Gasteiger charge is -2.45. The summed E-state index contributed by atoms with van der Waals surface area (Å²) in [7, 11) is -0.183. The highest BCUT2D eigenvalue weighted by atomic mass is 35.5. The molecule has 6 rings (SSSR count). The van der Waals surface area contributed by atoms with Gasteiger partial charge in [-0.05, 0) is 98.2 Å². The lowest BCUT2D eigenvalue weighted by Crippen LogP contribution is -2.52. The Bertz CT molecular complexity index is 1750. The molecule has 0 saturated heterocycles. The van der Waals surface area contributed by atoms with Gasteiger partial charge in [0.15, 0.2) is 5.60 Å². The third kappa shape index (κ3) is 6.82. The van der Waals surface area contributed by atoms with Crippen LogP contribution in [-0.4, -0.2) is 92.6 Å². The zero-order valence-electron chi connectivity index (χ0n) is 28.6. The van der Waals surface area contributed by atoms with Crippen LogP contribution in [0, 0.1) is 11.8 Å². The van der Waals surface area contributed by atoms with Gasteiger partial charge in [-0.3, -0.25) is 9.59 Å². The lowest BCUT2D eigenvalue weighted by molar-refractivity contribution is -0.149. The van der Waals surface area contributed by atoms with Crippen molar-refractivity contribution in [2.24, 2.45) is 11.8 Å². The summed E-state index contributed by atoms with van der Waals surface area (Å²) in [6.45, 7) is 3.41. The molecule has 13 heteroatoms. The van der Waals surface area contributed by atoms with Gasteiger partial charge in [0, 0.05) is 50.7 Å². The second-order valence-electron chi connectivity index (χ2n) is 14.6. The Balaban J connectivity index is 1.48. The van der Waals surface area contributed by atoms with Gasteiger partial charge in [-0.2, -0.15) is 12.7 Å². The van der Waals surface area contributed by atoms with Gasteiger partial charge in [-0.1, -0.05) is 35.9 Å². The summed E-state index contributed by atoms with van der Waals surface area (Å²) in [4.78, 5) is 31.2. The Morgan fingerprint density at radius 3 is 2.65 bits per heavy atom. The van der Waals surface area contributed by atoms with Crippen LogP contribution in [0.4, 0.5) is 5.69 Å². The highest BCUT2D eigenvalue weighted by Crippen LogP contribution is 2.47. The maximum Gasteiger partial charge on any atom is 0.303 e. The molecule has 266 valence electrons. The number of carbonyl (C=O) groups is 2. The van der Waals surface area contributed by atoms with E-state index in [1.807, 2.05) is 35.9 Å². The van der Waals surface area contributed by atoms with E-state index >= 15 is 0 Å². The molecule has 11 nitrogen and oxygen atoms in total. The van der Waals surface area contributed by atoms with Gasteiger partial charge in [0.2, 0.25) is 5.91 Å². The number of benzene rings is 2. The molecule has 2 aliphatic carbocycles. The maximum absolute atomic E-state index is 13.9. The van der Waals surface area contributed by atoms with Crippen molar-refractivity contribution in [1.29, 1.82) is 0 Å². The molecule has 2 bridgehead atoms. The highest BCUT2D eigenvalue weighted by molar-refractivity contribution is 7.87. The van der Waals surface area contributed by atoms with E-state index < -0.39 is 40.1 Å². The van der Waals surface area contributed by atoms with E-state index in [0.717, 1.165) is 36.4 Å². The van der Waals surface area contributed by atoms with Gasteiger partial charge in [0.05, 0.1) is 24.8 Å². The van der Waals surface area contributed by atoms with E-state index in [1.165, 1.54) is 36.2 Å². The third-order valence-electron chi connectivity index (χ3n) is 11.2.